The first-order chi connectivity index (χ1) is 10.3. The second kappa shape index (κ2) is 7.93. The summed E-state index contributed by atoms with van der Waals surface area (Å²) in [5.41, 5.74) is 0.133. The molecule has 0 bridgehead atoms. The van der Waals surface area contributed by atoms with Gasteiger partial charge < -0.3 is 10.0 Å². The summed E-state index contributed by atoms with van der Waals surface area (Å²) < 4.78 is 24.5. The van der Waals surface area contributed by atoms with E-state index in [9.17, 15) is 18.0 Å². The van der Waals surface area contributed by atoms with Crippen molar-refractivity contribution in [1.29, 1.82) is 0 Å². The van der Waals surface area contributed by atoms with Gasteiger partial charge in [0, 0.05) is 20.0 Å². The summed E-state index contributed by atoms with van der Waals surface area (Å²) >= 11 is 0. The first kappa shape index (κ1) is 18.2. The smallest absolute Gasteiger partial charge is 0.303 e. The van der Waals surface area contributed by atoms with Crippen molar-refractivity contribution in [2.75, 3.05) is 19.3 Å². The van der Waals surface area contributed by atoms with Gasteiger partial charge in [-0.25, -0.2) is 8.42 Å². The minimum Gasteiger partial charge on any atom is -0.481 e. The number of aliphatic carboxylic acids is 1. The molecule has 7 heteroatoms. The molecule has 1 aromatic carbocycles. The molecule has 0 radical (unpaired) electrons. The van der Waals surface area contributed by atoms with Crippen molar-refractivity contribution in [3.8, 4) is 0 Å². The van der Waals surface area contributed by atoms with Crippen LogP contribution in [0.1, 0.15) is 36.5 Å². The molecular formula is C15H21NO5S. The molecule has 0 unspecified atom stereocenters. The average molecular weight is 327 g/mol. The highest BCUT2D eigenvalue weighted by molar-refractivity contribution is 7.91. The lowest BCUT2D eigenvalue weighted by Crippen LogP contribution is -2.29. The maximum Gasteiger partial charge on any atom is 0.303 e. The van der Waals surface area contributed by atoms with Crippen LogP contribution in [0.25, 0.3) is 0 Å². The number of hydrogen-bond acceptors (Lipinski definition) is 4. The lowest BCUT2D eigenvalue weighted by Gasteiger charge is -2.18. The zero-order valence-electron chi connectivity index (χ0n) is 12.8. The number of sulfone groups is 1. The Bertz CT molecular complexity index is 639. The number of carboxylic acid groups (broad SMARTS) is 1. The molecule has 1 rings (SSSR count). The Morgan fingerprint density at radius 3 is 2.45 bits per heavy atom. The molecule has 0 aliphatic heterocycles. The van der Waals surface area contributed by atoms with Crippen LogP contribution in [0, 0.1) is 0 Å². The predicted octanol–water partition coefficient (Wildman–Crippen LogP) is 1.81. The summed E-state index contributed by atoms with van der Waals surface area (Å²) in [6.45, 7) is 2.02. The minimum absolute atomic E-state index is 0.0139. The number of carbonyl (C=O) groups is 2. The number of benzene rings is 1. The van der Waals surface area contributed by atoms with Crippen molar-refractivity contribution >= 4 is 21.7 Å². The predicted molar refractivity (Wildman–Crippen MR) is 82.6 cm³/mol. The third-order valence-corrected chi connectivity index (χ3v) is 5.13. The van der Waals surface area contributed by atoms with Crippen LogP contribution in [0.4, 0.5) is 0 Å². The first-order valence-corrected chi connectivity index (χ1v) is 8.74. The average Bonchev–Trinajstić information content (AvgIpc) is 2.46. The third kappa shape index (κ3) is 4.84. The molecule has 0 aromatic heterocycles. The van der Waals surface area contributed by atoms with Crippen LogP contribution in [-0.4, -0.2) is 49.6 Å². The van der Waals surface area contributed by atoms with Crippen LogP contribution in [0.15, 0.2) is 29.2 Å². The maximum atomic E-state index is 12.4. The standard InChI is InChI=1S/C15H21NO5S/c1-3-11-22(20,21)13-8-5-4-7-12(13)15(19)16(2)10-6-9-14(17)18/h4-5,7-8H,3,6,9-11H2,1-2H3,(H,17,18). The third-order valence-electron chi connectivity index (χ3n) is 3.16. The van der Waals surface area contributed by atoms with Crippen molar-refractivity contribution in [1.82, 2.24) is 4.90 Å². The maximum absolute atomic E-state index is 12.4. The quantitative estimate of drug-likeness (QED) is 0.786. The van der Waals surface area contributed by atoms with Crippen molar-refractivity contribution in [2.45, 2.75) is 31.1 Å². The molecule has 22 heavy (non-hydrogen) atoms. The molecule has 122 valence electrons. The van der Waals surface area contributed by atoms with Crippen LogP contribution in [-0.2, 0) is 14.6 Å². The molecular weight excluding hydrogens is 306 g/mol. The van der Waals surface area contributed by atoms with Gasteiger partial charge in [-0.3, -0.25) is 9.59 Å². The van der Waals surface area contributed by atoms with E-state index in [0.29, 0.717) is 12.8 Å². The largest absolute Gasteiger partial charge is 0.481 e. The second-order valence-corrected chi connectivity index (χ2v) is 7.12. The zero-order chi connectivity index (χ0) is 16.8. The molecule has 0 atom stereocenters. The number of rotatable bonds is 8. The van der Waals surface area contributed by atoms with E-state index in [4.69, 9.17) is 5.11 Å². The Hall–Kier alpha value is -1.89. The highest BCUT2D eigenvalue weighted by Crippen LogP contribution is 2.19. The van der Waals surface area contributed by atoms with E-state index in [-0.39, 0.29) is 29.2 Å². The van der Waals surface area contributed by atoms with Crippen molar-refractivity contribution < 1.29 is 23.1 Å². The van der Waals surface area contributed by atoms with Gasteiger partial charge in [0.1, 0.15) is 0 Å². The van der Waals surface area contributed by atoms with Crippen LogP contribution >= 0.6 is 0 Å². The Morgan fingerprint density at radius 1 is 1.23 bits per heavy atom. The van der Waals surface area contributed by atoms with Gasteiger partial charge in [-0.1, -0.05) is 19.1 Å². The normalized spacial score (nSPS) is 11.2. The molecule has 1 amide bonds. The van der Waals surface area contributed by atoms with E-state index in [1.54, 1.807) is 19.1 Å². The number of carbonyl (C=O) groups excluding carboxylic acids is 1. The summed E-state index contributed by atoms with van der Waals surface area (Å²) in [5, 5.41) is 8.61. The molecule has 0 spiro atoms. The van der Waals surface area contributed by atoms with E-state index in [0.717, 1.165) is 0 Å². The Balaban J connectivity index is 2.97. The van der Waals surface area contributed by atoms with Gasteiger partial charge in [0.05, 0.1) is 16.2 Å². The summed E-state index contributed by atoms with van der Waals surface area (Å²) in [4.78, 5) is 24.3. The van der Waals surface area contributed by atoms with Crippen molar-refractivity contribution in [3.05, 3.63) is 29.8 Å². The van der Waals surface area contributed by atoms with Crippen LogP contribution in [0.3, 0.4) is 0 Å². The number of nitrogens with zero attached hydrogens (tertiary/aromatic N) is 1. The van der Waals surface area contributed by atoms with Crippen LogP contribution < -0.4 is 0 Å². The number of hydrogen-bond donors (Lipinski definition) is 1. The van der Waals surface area contributed by atoms with E-state index in [1.807, 2.05) is 0 Å². The second-order valence-electron chi connectivity index (χ2n) is 5.04. The minimum atomic E-state index is -3.50. The molecule has 0 saturated carbocycles. The van der Waals surface area contributed by atoms with Gasteiger partial charge in [-0.15, -0.1) is 0 Å². The topological polar surface area (TPSA) is 91.8 Å². The SMILES string of the molecule is CCCS(=O)(=O)c1ccccc1C(=O)N(C)CCCC(=O)O. The monoisotopic (exact) mass is 327 g/mol. The van der Waals surface area contributed by atoms with Gasteiger partial charge in [-0.2, -0.15) is 0 Å². The fourth-order valence-electron chi connectivity index (χ4n) is 2.07. The van der Waals surface area contributed by atoms with Crippen LogP contribution in [0.5, 0.6) is 0 Å². The number of amides is 1. The van der Waals surface area contributed by atoms with Crippen molar-refractivity contribution in [3.63, 3.8) is 0 Å². The Kier molecular flexibility index (Phi) is 6.55. The van der Waals surface area contributed by atoms with Gasteiger partial charge in [0.25, 0.3) is 5.91 Å². The lowest BCUT2D eigenvalue weighted by atomic mass is 10.2. The molecule has 1 aromatic rings. The molecule has 0 aliphatic carbocycles. The van der Waals surface area contributed by atoms with Gasteiger partial charge >= 0.3 is 5.97 Å². The van der Waals surface area contributed by atoms with Gasteiger partial charge in [0.2, 0.25) is 0 Å². The molecule has 1 N–H and O–H groups in total. The molecule has 0 fully saturated rings. The Morgan fingerprint density at radius 2 is 1.86 bits per heavy atom. The highest BCUT2D eigenvalue weighted by atomic mass is 32.2. The zero-order valence-corrected chi connectivity index (χ0v) is 13.6. The fraction of sp³-hybridized carbons (Fsp3) is 0.467. The molecule has 6 nitrogen and oxygen atoms in total. The fourth-order valence-corrected chi connectivity index (χ4v) is 3.60. The summed E-state index contributed by atoms with van der Waals surface area (Å²) in [5.74, 6) is -1.35. The number of carboxylic acids is 1. The van der Waals surface area contributed by atoms with E-state index in [1.165, 1.54) is 24.1 Å². The Labute approximate surface area is 130 Å². The first-order valence-electron chi connectivity index (χ1n) is 7.08. The van der Waals surface area contributed by atoms with E-state index >= 15 is 0 Å². The summed E-state index contributed by atoms with van der Waals surface area (Å²) in [6, 6.07) is 6.12. The van der Waals surface area contributed by atoms with Crippen LogP contribution in [0.2, 0.25) is 0 Å². The van der Waals surface area contributed by atoms with E-state index < -0.39 is 21.7 Å². The molecule has 0 aliphatic rings. The highest BCUT2D eigenvalue weighted by Gasteiger charge is 2.23. The van der Waals surface area contributed by atoms with Gasteiger partial charge in [0.15, 0.2) is 9.84 Å². The molecule has 0 heterocycles. The van der Waals surface area contributed by atoms with Gasteiger partial charge in [-0.05, 0) is 25.0 Å². The molecule has 0 saturated heterocycles. The van der Waals surface area contributed by atoms with E-state index in [2.05, 4.69) is 0 Å². The van der Waals surface area contributed by atoms with Crippen molar-refractivity contribution in [2.24, 2.45) is 0 Å². The summed E-state index contributed by atoms with van der Waals surface area (Å²) in [7, 11) is -1.96. The summed E-state index contributed by atoms with van der Waals surface area (Å²) in [6.07, 6.45) is 0.758. The lowest BCUT2D eigenvalue weighted by molar-refractivity contribution is -0.137.